The first kappa shape index (κ1) is 22.8. The van der Waals surface area contributed by atoms with Crippen molar-refractivity contribution >= 4 is 5.91 Å². The summed E-state index contributed by atoms with van der Waals surface area (Å²) in [7, 11) is 0. The standard InChI is InChI=1S/C26H31F3N2O/c1-19-12-16-31(17-13-19)15-7-6-14-25(24(32)30-18-26(27,28)29)22-10-4-2-8-20(22)21-9-3-5-11-23(21)25/h2-5,8-11,19H,6-7,12-18H2,1H3,(H,30,32). The van der Waals surface area contributed by atoms with Crippen molar-refractivity contribution in [3.8, 4) is 11.1 Å². The molecule has 1 aliphatic heterocycles. The van der Waals surface area contributed by atoms with E-state index in [0.717, 1.165) is 60.6 Å². The van der Waals surface area contributed by atoms with Gasteiger partial charge in [0.1, 0.15) is 12.0 Å². The molecule has 1 amide bonds. The molecule has 4 rings (SSSR count). The molecule has 1 fully saturated rings. The Morgan fingerprint density at radius 1 is 1.00 bits per heavy atom. The van der Waals surface area contributed by atoms with Crippen LogP contribution in [0.15, 0.2) is 48.5 Å². The quantitative estimate of drug-likeness (QED) is 0.569. The predicted molar refractivity (Wildman–Crippen MR) is 120 cm³/mol. The second-order valence-corrected chi connectivity index (χ2v) is 9.28. The molecule has 6 heteroatoms. The van der Waals surface area contributed by atoms with Gasteiger partial charge >= 0.3 is 6.18 Å². The monoisotopic (exact) mass is 444 g/mol. The highest BCUT2D eigenvalue weighted by Gasteiger charge is 2.49. The van der Waals surface area contributed by atoms with Gasteiger partial charge in [0.2, 0.25) is 5.91 Å². The van der Waals surface area contributed by atoms with Crippen LogP contribution in [-0.2, 0) is 10.2 Å². The normalized spacial score (nSPS) is 18.2. The molecule has 32 heavy (non-hydrogen) atoms. The van der Waals surface area contributed by atoms with Gasteiger partial charge in [0.15, 0.2) is 0 Å². The van der Waals surface area contributed by atoms with Crippen molar-refractivity contribution in [2.24, 2.45) is 5.92 Å². The number of amides is 1. The van der Waals surface area contributed by atoms with Gasteiger partial charge in [-0.15, -0.1) is 0 Å². The van der Waals surface area contributed by atoms with Gasteiger partial charge < -0.3 is 10.2 Å². The Kier molecular flexibility index (Phi) is 6.61. The molecule has 0 atom stereocenters. The molecule has 1 aliphatic carbocycles. The van der Waals surface area contributed by atoms with Crippen molar-refractivity contribution in [2.45, 2.75) is 50.6 Å². The maximum absolute atomic E-state index is 13.4. The number of fused-ring (bicyclic) bond motifs is 3. The fourth-order valence-corrected chi connectivity index (χ4v) is 5.30. The number of benzene rings is 2. The average Bonchev–Trinajstić information content (AvgIpc) is 3.07. The Bertz CT molecular complexity index is 903. The van der Waals surface area contributed by atoms with Crippen molar-refractivity contribution in [2.75, 3.05) is 26.2 Å². The summed E-state index contributed by atoms with van der Waals surface area (Å²) < 4.78 is 38.8. The largest absolute Gasteiger partial charge is 0.405 e. The molecule has 2 aromatic carbocycles. The van der Waals surface area contributed by atoms with Crippen LogP contribution in [0.2, 0.25) is 0 Å². The summed E-state index contributed by atoms with van der Waals surface area (Å²) in [5.41, 5.74) is 2.42. The summed E-state index contributed by atoms with van der Waals surface area (Å²) in [6.45, 7) is 4.14. The number of carbonyl (C=O) groups is 1. The minimum atomic E-state index is -4.44. The van der Waals surface area contributed by atoms with Gasteiger partial charge in [0, 0.05) is 0 Å². The molecule has 1 saturated heterocycles. The van der Waals surface area contributed by atoms with E-state index >= 15 is 0 Å². The molecule has 1 N–H and O–H groups in total. The van der Waals surface area contributed by atoms with Crippen molar-refractivity contribution in [3.05, 3.63) is 59.7 Å². The van der Waals surface area contributed by atoms with Crippen molar-refractivity contribution in [1.82, 2.24) is 10.2 Å². The molecule has 0 saturated carbocycles. The van der Waals surface area contributed by atoms with Crippen LogP contribution in [0, 0.1) is 5.92 Å². The smallest absolute Gasteiger partial charge is 0.346 e. The van der Waals surface area contributed by atoms with Crippen LogP contribution < -0.4 is 5.32 Å². The number of hydrogen-bond donors (Lipinski definition) is 1. The lowest BCUT2D eigenvalue weighted by Gasteiger charge is -2.32. The molecule has 1 heterocycles. The Morgan fingerprint density at radius 2 is 1.56 bits per heavy atom. The van der Waals surface area contributed by atoms with Crippen molar-refractivity contribution in [1.29, 1.82) is 0 Å². The zero-order valence-electron chi connectivity index (χ0n) is 18.5. The van der Waals surface area contributed by atoms with Crippen molar-refractivity contribution < 1.29 is 18.0 Å². The van der Waals surface area contributed by atoms with Gasteiger partial charge in [0.05, 0.1) is 0 Å². The predicted octanol–water partition coefficient (Wildman–Crippen LogP) is 5.53. The maximum atomic E-state index is 13.4. The molecule has 2 aliphatic rings. The van der Waals surface area contributed by atoms with E-state index in [2.05, 4.69) is 17.1 Å². The summed E-state index contributed by atoms with van der Waals surface area (Å²) in [5, 5.41) is 2.21. The minimum Gasteiger partial charge on any atom is -0.346 e. The molecule has 2 aromatic rings. The lowest BCUT2D eigenvalue weighted by Crippen LogP contribution is -2.47. The number of unbranched alkanes of at least 4 members (excludes halogenated alkanes) is 1. The first-order chi connectivity index (χ1) is 15.3. The minimum absolute atomic E-state index is 0.495. The van der Waals surface area contributed by atoms with E-state index in [1.807, 2.05) is 48.5 Å². The van der Waals surface area contributed by atoms with E-state index in [9.17, 15) is 18.0 Å². The van der Waals surface area contributed by atoms with E-state index in [1.54, 1.807) is 0 Å². The number of piperidine rings is 1. The molecule has 0 aromatic heterocycles. The molecule has 0 spiro atoms. The van der Waals surface area contributed by atoms with Gasteiger partial charge in [0.25, 0.3) is 0 Å². The Morgan fingerprint density at radius 3 is 2.12 bits per heavy atom. The van der Waals surface area contributed by atoms with Crippen LogP contribution in [-0.4, -0.2) is 43.2 Å². The molecule has 0 unspecified atom stereocenters. The van der Waals surface area contributed by atoms with Crippen LogP contribution in [0.5, 0.6) is 0 Å². The summed E-state index contributed by atoms with van der Waals surface area (Å²) in [6.07, 6.45) is 0.172. The molecule has 3 nitrogen and oxygen atoms in total. The fraction of sp³-hybridized carbons (Fsp3) is 0.500. The maximum Gasteiger partial charge on any atom is 0.405 e. The Labute approximate surface area is 188 Å². The molecule has 0 radical (unpaired) electrons. The van der Waals surface area contributed by atoms with Gasteiger partial charge in [-0.05, 0) is 73.5 Å². The Hall–Kier alpha value is -2.34. The fourth-order valence-electron chi connectivity index (χ4n) is 5.30. The number of halogens is 3. The highest BCUT2D eigenvalue weighted by Crippen LogP contribution is 2.51. The third-order valence-corrected chi connectivity index (χ3v) is 7.05. The zero-order valence-corrected chi connectivity index (χ0v) is 18.5. The summed E-state index contributed by atoms with van der Waals surface area (Å²) in [4.78, 5) is 15.9. The number of hydrogen-bond acceptors (Lipinski definition) is 2. The van der Waals surface area contributed by atoms with Gasteiger partial charge in [-0.25, -0.2) is 0 Å². The molecular weight excluding hydrogens is 413 g/mol. The number of nitrogens with one attached hydrogen (secondary N) is 1. The highest BCUT2D eigenvalue weighted by molar-refractivity contribution is 6.00. The lowest BCUT2D eigenvalue weighted by atomic mass is 9.73. The summed E-state index contributed by atoms with van der Waals surface area (Å²) >= 11 is 0. The van der Waals surface area contributed by atoms with E-state index in [4.69, 9.17) is 0 Å². The van der Waals surface area contributed by atoms with Crippen molar-refractivity contribution in [3.63, 3.8) is 0 Å². The van der Waals surface area contributed by atoms with E-state index in [1.165, 1.54) is 12.8 Å². The number of carbonyl (C=O) groups excluding carboxylic acids is 1. The topological polar surface area (TPSA) is 32.3 Å². The number of nitrogens with zero attached hydrogens (tertiary/aromatic N) is 1. The van der Waals surface area contributed by atoms with Crippen LogP contribution in [0.4, 0.5) is 13.2 Å². The van der Waals surface area contributed by atoms with Gasteiger partial charge in [-0.2, -0.15) is 13.2 Å². The van der Waals surface area contributed by atoms with E-state index in [0.29, 0.717) is 6.42 Å². The highest BCUT2D eigenvalue weighted by atomic mass is 19.4. The zero-order chi connectivity index (χ0) is 22.8. The third kappa shape index (κ3) is 4.56. The number of likely N-dealkylation sites (tertiary alicyclic amines) is 1. The first-order valence-corrected chi connectivity index (χ1v) is 11.6. The van der Waals surface area contributed by atoms with Crippen LogP contribution in [0.3, 0.4) is 0 Å². The first-order valence-electron chi connectivity index (χ1n) is 11.6. The second-order valence-electron chi connectivity index (χ2n) is 9.28. The summed E-state index contributed by atoms with van der Waals surface area (Å²) in [5.74, 6) is 0.220. The van der Waals surface area contributed by atoms with Gasteiger partial charge in [-0.1, -0.05) is 61.9 Å². The number of alkyl halides is 3. The van der Waals surface area contributed by atoms with Crippen LogP contribution in [0.25, 0.3) is 11.1 Å². The third-order valence-electron chi connectivity index (χ3n) is 7.05. The molecule has 0 bridgehead atoms. The molecule has 172 valence electrons. The van der Waals surface area contributed by atoms with E-state index in [-0.39, 0.29) is 0 Å². The lowest BCUT2D eigenvalue weighted by molar-refractivity contribution is -0.141. The van der Waals surface area contributed by atoms with Crippen LogP contribution >= 0.6 is 0 Å². The summed E-state index contributed by atoms with van der Waals surface area (Å²) in [6, 6.07) is 15.3. The van der Waals surface area contributed by atoms with Crippen LogP contribution in [0.1, 0.15) is 50.2 Å². The SMILES string of the molecule is CC1CCN(CCCCC2(C(=O)NCC(F)(F)F)c3ccccc3-c3ccccc32)CC1. The van der Waals surface area contributed by atoms with Gasteiger partial charge in [-0.3, -0.25) is 4.79 Å². The number of rotatable bonds is 7. The average molecular weight is 445 g/mol. The molecular formula is C26H31F3N2O. The Balaban J connectivity index is 1.58. The van der Waals surface area contributed by atoms with E-state index < -0.39 is 24.0 Å². The second kappa shape index (κ2) is 9.26.